The van der Waals surface area contributed by atoms with Gasteiger partial charge in [0, 0.05) is 36.9 Å². The Morgan fingerprint density at radius 2 is 1.82 bits per heavy atom. The molecule has 1 N–H and O–H groups in total. The van der Waals surface area contributed by atoms with Gasteiger partial charge in [0.05, 0.1) is 0 Å². The number of carbonyl (C=O) groups excluding carboxylic acids is 1. The molecule has 22 heavy (non-hydrogen) atoms. The first kappa shape index (κ1) is 17.1. The predicted octanol–water partition coefficient (Wildman–Crippen LogP) is 2.44. The smallest absolute Gasteiger partial charge is 0.321 e. The molecule has 2 amide bonds. The van der Waals surface area contributed by atoms with Crippen LogP contribution in [0.15, 0.2) is 24.3 Å². The minimum atomic E-state index is -0.0322. The van der Waals surface area contributed by atoms with Gasteiger partial charge in [-0.1, -0.05) is 11.6 Å². The average molecular weight is 325 g/mol. The summed E-state index contributed by atoms with van der Waals surface area (Å²) in [5, 5.41) is 3.59. The molecule has 0 aromatic heterocycles. The highest BCUT2D eigenvalue weighted by molar-refractivity contribution is 6.30. The zero-order chi connectivity index (χ0) is 15.9. The number of halogens is 1. The first-order valence-corrected chi connectivity index (χ1v) is 8.11. The first-order valence-electron chi connectivity index (χ1n) is 7.73. The monoisotopic (exact) mass is 324 g/mol. The number of carbonyl (C=O) groups is 1. The molecule has 0 spiro atoms. The molecule has 0 saturated carbocycles. The number of hydrogen-bond acceptors (Lipinski definition) is 3. The van der Waals surface area contributed by atoms with Crippen LogP contribution < -0.4 is 5.32 Å². The van der Waals surface area contributed by atoms with Gasteiger partial charge in [0.2, 0.25) is 0 Å². The Labute approximate surface area is 137 Å². The zero-order valence-corrected chi connectivity index (χ0v) is 14.1. The maximum absolute atomic E-state index is 12.2. The summed E-state index contributed by atoms with van der Waals surface area (Å²) in [4.78, 5) is 18.7. The quantitative estimate of drug-likeness (QED) is 0.904. The summed E-state index contributed by atoms with van der Waals surface area (Å²) in [5.74, 6) is 0. The predicted molar refractivity (Wildman–Crippen MR) is 91.7 cm³/mol. The molecule has 1 aliphatic rings. The molecule has 1 heterocycles. The van der Waals surface area contributed by atoms with Crippen molar-refractivity contribution in [1.29, 1.82) is 0 Å². The molecule has 5 nitrogen and oxygen atoms in total. The summed E-state index contributed by atoms with van der Waals surface area (Å²) in [6, 6.07) is 7.16. The van der Waals surface area contributed by atoms with Gasteiger partial charge in [-0.2, -0.15) is 0 Å². The number of anilines is 1. The Kier molecular flexibility index (Phi) is 6.49. The highest BCUT2D eigenvalue weighted by Crippen LogP contribution is 2.14. The van der Waals surface area contributed by atoms with Gasteiger partial charge in [-0.15, -0.1) is 0 Å². The summed E-state index contributed by atoms with van der Waals surface area (Å²) >= 11 is 5.84. The van der Waals surface area contributed by atoms with Gasteiger partial charge in [-0.05, 0) is 57.9 Å². The molecule has 1 saturated heterocycles. The number of rotatable bonds is 5. The van der Waals surface area contributed by atoms with Crippen molar-refractivity contribution < 1.29 is 4.79 Å². The second-order valence-corrected chi connectivity index (χ2v) is 6.36. The van der Waals surface area contributed by atoms with E-state index in [9.17, 15) is 4.79 Å². The van der Waals surface area contributed by atoms with Crippen LogP contribution in [0.4, 0.5) is 10.5 Å². The Bertz CT molecular complexity index is 470. The molecule has 1 aromatic carbocycles. The SMILES string of the molecule is CN(C)CCCN1CCN(C(=O)Nc2ccc(Cl)cc2)CC1. The van der Waals surface area contributed by atoms with Crippen LogP contribution in [0.2, 0.25) is 5.02 Å². The second kappa shape index (κ2) is 8.36. The summed E-state index contributed by atoms with van der Waals surface area (Å²) < 4.78 is 0. The minimum Gasteiger partial charge on any atom is -0.322 e. The van der Waals surface area contributed by atoms with E-state index in [0.717, 1.165) is 45.0 Å². The fourth-order valence-electron chi connectivity index (χ4n) is 2.52. The van der Waals surface area contributed by atoms with E-state index < -0.39 is 0 Å². The van der Waals surface area contributed by atoms with E-state index in [-0.39, 0.29) is 6.03 Å². The maximum atomic E-state index is 12.2. The third-order valence-corrected chi connectivity index (χ3v) is 4.09. The highest BCUT2D eigenvalue weighted by Gasteiger charge is 2.20. The van der Waals surface area contributed by atoms with E-state index >= 15 is 0 Å². The number of nitrogens with zero attached hydrogens (tertiary/aromatic N) is 3. The van der Waals surface area contributed by atoms with Crippen molar-refractivity contribution in [2.45, 2.75) is 6.42 Å². The highest BCUT2D eigenvalue weighted by atomic mass is 35.5. The number of urea groups is 1. The molecule has 6 heteroatoms. The van der Waals surface area contributed by atoms with Gasteiger partial charge in [0.15, 0.2) is 0 Å². The third-order valence-electron chi connectivity index (χ3n) is 3.83. The molecule has 1 fully saturated rings. The van der Waals surface area contributed by atoms with Gasteiger partial charge in [0.1, 0.15) is 0 Å². The van der Waals surface area contributed by atoms with Crippen molar-refractivity contribution in [3.8, 4) is 0 Å². The van der Waals surface area contributed by atoms with Gasteiger partial charge in [-0.3, -0.25) is 4.90 Å². The van der Waals surface area contributed by atoms with Crippen LogP contribution >= 0.6 is 11.6 Å². The number of hydrogen-bond donors (Lipinski definition) is 1. The van der Waals surface area contributed by atoms with Crippen LogP contribution in [0.5, 0.6) is 0 Å². The van der Waals surface area contributed by atoms with Crippen LogP contribution in [0.3, 0.4) is 0 Å². The molecule has 1 aliphatic heterocycles. The Morgan fingerprint density at radius 1 is 1.18 bits per heavy atom. The van der Waals surface area contributed by atoms with Gasteiger partial charge in [0.25, 0.3) is 0 Å². The molecule has 122 valence electrons. The van der Waals surface area contributed by atoms with Gasteiger partial charge >= 0.3 is 6.03 Å². The maximum Gasteiger partial charge on any atom is 0.321 e. The fraction of sp³-hybridized carbons (Fsp3) is 0.562. The van der Waals surface area contributed by atoms with Crippen LogP contribution in [0, 0.1) is 0 Å². The molecule has 0 bridgehead atoms. The van der Waals surface area contributed by atoms with Crippen LogP contribution in [0.25, 0.3) is 0 Å². The molecular formula is C16H25ClN4O. The van der Waals surface area contributed by atoms with Crippen LogP contribution in [-0.4, -0.2) is 74.1 Å². The van der Waals surface area contributed by atoms with E-state index in [1.165, 1.54) is 6.42 Å². The molecule has 0 unspecified atom stereocenters. The van der Waals surface area contributed by atoms with Crippen LogP contribution in [-0.2, 0) is 0 Å². The number of benzene rings is 1. The van der Waals surface area contributed by atoms with Gasteiger partial charge < -0.3 is 15.1 Å². The Morgan fingerprint density at radius 3 is 2.41 bits per heavy atom. The lowest BCUT2D eigenvalue weighted by Crippen LogP contribution is -2.50. The molecule has 0 atom stereocenters. The average Bonchev–Trinajstić information content (AvgIpc) is 2.50. The van der Waals surface area contributed by atoms with E-state index in [1.807, 2.05) is 17.0 Å². The fourth-order valence-corrected chi connectivity index (χ4v) is 2.65. The zero-order valence-electron chi connectivity index (χ0n) is 13.4. The Hall–Kier alpha value is -1.30. The van der Waals surface area contributed by atoms with Gasteiger partial charge in [-0.25, -0.2) is 4.79 Å². The lowest BCUT2D eigenvalue weighted by atomic mass is 10.3. The minimum absolute atomic E-state index is 0.0322. The standard InChI is InChI=1S/C16H25ClN4O/c1-19(2)8-3-9-20-10-12-21(13-11-20)16(22)18-15-6-4-14(17)5-7-15/h4-7H,3,8-13H2,1-2H3,(H,18,22). The first-order chi connectivity index (χ1) is 10.5. The van der Waals surface area contributed by atoms with E-state index in [1.54, 1.807) is 12.1 Å². The molecular weight excluding hydrogens is 300 g/mol. The van der Waals surface area contributed by atoms with Crippen molar-refractivity contribution in [2.24, 2.45) is 0 Å². The summed E-state index contributed by atoms with van der Waals surface area (Å²) in [5.41, 5.74) is 0.780. The summed E-state index contributed by atoms with van der Waals surface area (Å²) in [7, 11) is 4.19. The van der Waals surface area contributed by atoms with E-state index in [2.05, 4.69) is 29.2 Å². The largest absolute Gasteiger partial charge is 0.322 e. The van der Waals surface area contributed by atoms with Crippen molar-refractivity contribution in [2.75, 3.05) is 58.7 Å². The number of amides is 2. The van der Waals surface area contributed by atoms with Crippen LogP contribution in [0.1, 0.15) is 6.42 Å². The third kappa shape index (κ3) is 5.48. The van der Waals surface area contributed by atoms with Crippen molar-refractivity contribution in [1.82, 2.24) is 14.7 Å². The molecule has 1 aromatic rings. The lowest BCUT2D eigenvalue weighted by Gasteiger charge is -2.34. The van der Waals surface area contributed by atoms with E-state index in [4.69, 9.17) is 11.6 Å². The number of piperazine rings is 1. The lowest BCUT2D eigenvalue weighted by molar-refractivity contribution is 0.144. The molecule has 0 aliphatic carbocycles. The summed E-state index contributed by atoms with van der Waals surface area (Å²) in [6.07, 6.45) is 1.17. The number of nitrogens with one attached hydrogen (secondary N) is 1. The van der Waals surface area contributed by atoms with Crippen molar-refractivity contribution >= 4 is 23.3 Å². The van der Waals surface area contributed by atoms with Crippen molar-refractivity contribution in [3.63, 3.8) is 0 Å². The van der Waals surface area contributed by atoms with E-state index in [0.29, 0.717) is 5.02 Å². The molecule has 0 radical (unpaired) electrons. The van der Waals surface area contributed by atoms with Crippen molar-refractivity contribution in [3.05, 3.63) is 29.3 Å². The normalized spacial score (nSPS) is 16.1. The second-order valence-electron chi connectivity index (χ2n) is 5.92. The Balaban J connectivity index is 1.71. The topological polar surface area (TPSA) is 38.8 Å². The summed E-state index contributed by atoms with van der Waals surface area (Å²) in [6.45, 7) is 5.66. The molecule has 2 rings (SSSR count).